The summed E-state index contributed by atoms with van der Waals surface area (Å²) in [5, 5.41) is 0. The summed E-state index contributed by atoms with van der Waals surface area (Å²) in [6.07, 6.45) is 3.33. The lowest BCUT2D eigenvalue weighted by molar-refractivity contribution is 0.0352. The first-order valence-electron chi connectivity index (χ1n) is 4.94. The summed E-state index contributed by atoms with van der Waals surface area (Å²) in [7, 11) is 0. The van der Waals surface area contributed by atoms with Crippen LogP contribution in [0.3, 0.4) is 0 Å². The summed E-state index contributed by atoms with van der Waals surface area (Å²) < 4.78 is 5.81. The average Bonchev–Trinajstić information content (AvgIpc) is 2.38. The SMILES string of the molecule is C[C@@H]1CCC([C@H]2[C@H](N)C2(C)C)O1. The zero-order valence-electron chi connectivity index (χ0n) is 8.21. The molecule has 2 fully saturated rings. The van der Waals surface area contributed by atoms with Gasteiger partial charge in [0.2, 0.25) is 0 Å². The van der Waals surface area contributed by atoms with Crippen LogP contribution in [0.5, 0.6) is 0 Å². The van der Waals surface area contributed by atoms with E-state index in [-0.39, 0.29) is 0 Å². The van der Waals surface area contributed by atoms with E-state index in [4.69, 9.17) is 10.5 Å². The summed E-state index contributed by atoms with van der Waals surface area (Å²) in [6.45, 7) is 6.64. The Balaban J connectivity index is 1.96. The number of ether oxygens (including phenoxy) is 1. The van der Waals surface area contributed by atoms with E-state index in [1.54, 1.807) is 0 Å². The molecule has 1 heterocycles. The van der Waals surface area contributed by atoms with Gasteiger partial charge in [-0.15, -0.1) is 0 Å². The van der Waals surface area contributed by atoms with Crippen LogP contribution >= 0.6 is 0 Å². The third-order valence-corrected chi connectivity index (χ3v) is 3.66. The van der Waals surface area contributed by atoms with Crippen LogP contribution in [0.2, 0.25) is 0 Å². The highest BCUT2D eigenvalue weighted by Crippen LogP contribution is 2.55. The van der Waals surface area contributed by atoms with Gasteiger partial charge >= 0.3 is 0 Å². The molecule has 0 spiro atoms. The maximum absolute atomic E-state index is 5.99. The third-order valence-electron chi connectivity index (χ3n) is 3.66. The van der Waals surface area contributed by atoms with Gasteiger partial charge in [-0.05, 0) is 25.2 Å². The minimum atomic E-state index is 0.328. The van der Waals surface area contributed by atoms with Gasteiger partial charge in [-0.3, -0.25) is 0 Å². The van der Waals surface area contributed by atoms with Crippen molar-refractivity contribution in [1.29, 1.82) is 0 Å². The molecule has 0 bridgehead atoms. The highest BCUT2D eigenvalue weighted by Gasteiger charge is 2.60. The van der Waals surface area contributed by atoms with Gasteiger partial charge in [0.1, 0.15) is 0 Å². The minimum absolute atomic E-state index is 0.328. The molecule has 1 aliphatic heterocycles. The summed E-state index contributed by atoms with van der Waals surface area (Å²) in [4.78, 5) is 0. The molecule has 1 saturated heterocycles. The lowest BCUT2D eigenvalue weighted by atomic mass is 10.0. The molecule has 2 aliphatic rings. The van der Waals surface area contributed by atoms with E-state index in [0.717, 1.165) is 0 Å². The van der Waals surface area contributed by atoms with Gasteiger partial charge in [0.25, 0.3) is 0 Å². The lowest BCUT2D eigenvalue weighted by Crippen LogP contribution is -2.16. The van der Waals surface area contributed by atoms with Gasteiger partial charge < -0.3 is 10.5 Å². The number of hydrogen-bond donors (Lipinski definition) is 1. The predicted molar refractivity (Wildman–Crippen MR) is 48.8 cm³/mol. The van der Waals surface area contributed by atoms with Crippen LogP contribution < -0.4 is 5.73 Å². The predicted octanol–water partition coefficient (Wildman–Crippen LogP) is 1.54. The van der Waals surface area contributed by atoms with E-state index >= 15 is 0 Å². The molecule has 1 saturated carbocycles. The number of hydrogen-bond acceptors (Lipinski definition) is 2. The fourth-order valence-electron chi connectivity index (χ4n) is 2.53. The van der Waals surface area contributed by atoms with Gasteiger partial charge in [-0.25, -0.2) is 0 Å². The highest BCUT2D eigenvalue weighted by atomic mass is 16.5. The summed E-state index contributed by atoms with van der Waals surface area (Å²) in [5.41, 5.74) is 6.32. The molecule has 0 aromatic heterocycles. The van der Waals surface area contributed by atoms with E-state index in [2.05, 4.69) is 20.8 Å². The average molecular weight is 169 g/mol. The van der Waals surface area contributed by atoms with Crippen molar-refractivity contribution in [2.24, 2.45) is 17.1 Å². The molecule has 2 rings (SSSR count). The Morgan fingerprint density at radius 2 is 1.92 bits per heavy atom. The smallest absolute Gasteiger partial charge is 0.0628 e. The van der Waals surface area contributed by atoms with E-state index < -0.39 is 0 Å². The first kappa shape index (κ1) is 8.52. The number of nitrogens with two attached hydrogens (primary N) is 1. The molecule has 2 N–H and O–H groups in total. The third kappa shape index (κ3) is 1.09. The second-order valence-electron chi connectivity index (χ2n) is 4.94. The highest BCUT2D eigenvalue weighted by molar-refractivity contribution is 5.12. The molecule has 12 heavy (non-hydrogen) atoms. The van der Waals surface area contributed by atoms with Gasteiger partial charge in [0.15, 0.2) is 0 Å². The maximum atomic E-state index is 5.99. The molecular weight excluding hydrogens is 150 g/mol. The van der Waals surface area contributed by atoms with Crippen LogP contribution in [0.1, 0.15) is 33.6 Å². The Labute approximate surface area is 74.5 Å². The molecule has 2 nitrogen and oxygen atoms in total. The van der Waals surface area contributed by atoms with E-state index in [1.165, 1.54) is 12.8 Å². The van der Waals surface area contributed by atoms with Gasteiger partial charge in [0.05, 0.1) is 12.2 Å². The Morgan fingerprint density at radius 3 is 2.25 bits per heavy atom. The van der Waals surface area contributed by atoms with Crippen molar-refractivity contribution >= 4 is 0 Å². The van der Waals surface area contributed by atoms with Crippen molar-refractivity contribution in [3.8, 4) is 0 Å². The fraction of sp³-hybridized carbons (Fsp3) is 1.00. The van der Waals surface area contributed by atoms with Crippen molar-refractivity contribution in [1.82, 2.24) is 0 Å². The summed E-state index contributed by atoms with van der Waals surface area (Å²) in [6, 6.07) is 0.368. The molecule has 1 aliphatic carbocycles. The van der Waals surface area contributed by atoms with E-state index in [0.29, 0.717) is 29.6 Å². The maximum Gasteiger partial charge on any atom is 0.0628 e. The Morgan fingerprint density at radius 1 is 1.33 bits per heavy atom. The van der Waals surface area contributed by atoms with Gasteiger partial charge in [-0.2, -0.15) is 0 Å². The second-order valence-corrected chi connectivity index (χ2v) is 4.94. The van der Waals surface area contributed by atoms with E-state index in [9.17, 15) is 0 Å². The minimum Gasteiger partial charge on any atom is -0.375 e. The van der Waals surface area contributed by atoms with Crippen molar-refractivity contribution in [2.75, 3.05) is 0 Å². The Kier molecular flexibility index (Phi) is 1.74. The molecule has 1 unspecified atom stereocenters. The zero-order chi connectivity index (χ0) is 8.93. The molecule has 4 atom stereocenters. The molecule has 2 heteroatoms. The van der Waals surface area contributed by atoms with Crippen molar-refractivity contribution in [3.63, 3.8) is 0 Å². The molecule has 70 valence electrons. The van der Waals surface area contributed by atoms with Crippen LogP contribution in [0.4, 0.5) is 0 Å². The van der Waals surface area contributed by atoms with Crippen molar-refractivity contribution in [2.45, 2.75) is 51.9 Å². The summed E-state index contributed by atoms with van der Waals surface area (Å²) in [5.74, 6) is 0.613. The van der Waals surface area contributed by atoms with Crippen LogP contribution in [-0.2, 0) is 4.74 Å². The fourth-order valence-corrected chi connectivity index (χ4v) is 2.53. The lowest BCUT2D eigenvalue weighted by Gasteiger charge is -2.11. The van der Waals surface area contributed by atoms with Gasteiger partial charge in [-0.1, -0.05) is 13.8 Å². The molecule has 0 aromatic carbocycles. The first-order chi connectivity index (χ1) is 5.53. The van der Waals surface area contributed by atoms with Gasteiger partial charge in [0, 0.05) is 12.0 Å². The van der Waals surface area contributed by atoms with Crippen LogP contribution in [0, 0.1) is 11.3 Å². The second kappa shape index (κ2) is 2.46. The molecule has 0 radical (unpaired) electrons. The topological polar surface area (TPSA) is 35.2 Å². The standard InChI is InChI=1S/C10H19NO/c1-6-4-5-7(12-6)8-9(11)10(8,2)3/h6-9H,4-5,11H2,1-3H3/t6-,7?,8+,9+/m1/s1. The monoisotopic (exact) mass is 169 g/mol. The van der Waals surface area contributed by atoms with E-state index in [1.807, 2.05) is 0 Å². The van der Waals surface area contributed by atoms with Crippen LogP contribution in [0.15, 0.2) is 0 Å². The molecule has 0 aromatic rings. The van der Waals surface area contributed by atoms with Crippen molar-refractivity contribution < 1.29 is 4.74 Å². The Hall–Kier alpha value is -0.0800. The normalized spacial score (nSPS) is 51.0. The molecular formula is C10H19NO. The first-order valence-corrected chi connectivity index (χ1v) is 4.94. The summed E-state index contributed by atoms with van der Waals surface area (Å²) >= 11 is 0. The van der Waals surface area contributed by atoms with Crippen molar-refractivity contribution in [3.05, 3.63) is 0 Å². The van der Waals surface area contributed by atoms with Crippen LogP contribution in [0.25, 0.3) is 0 Å². The largest absolute Gasteiger partial charge is 0.375 e. The quantitative estimate of drug-likeness (QED) is 0.646. The van der Waals surface area contributed by atoms with Crippen LogP contribution in [-0.4, -0.2) is 18.2 Å². The Bertz CT molecular complexity index is 190. The zero-order valence-corrected chi connectivity index (χ0v) is 8.21. The molecule has 0 amide bonds. The number of rotatable bonds is 1.